The van der Waals surface area contributed by atoms with Gasteiger partial charge in [-0.2, -0.15) is 0 Å². The van der Waals surface area contributed by atoms with Gasteiger partial charge in [-0.3, -0.25) is 4.79 Å². The molecular formula is C17H20N2O4. The molecule has 0 saturated carbocycles. The Labute approximate surface area is 135 Å². The van der Waals surface area contributed by atoms with E-state index in [1.165, 1.54) is 4.90 Å². The number of cyclic esters (lactones) is 1. The summed E-state index contributed by atoms with van der Waals surface area (Å²) in [5.74, 6) is -0.370. The predicted molar refractivity (Wildman–Crippen MR) is 84.0 cm³/mol. The summed E-state index contributed by atoms with van der Waals surface area (Å²) in [5, 5.41) is 4.02. The van der Waals surface area contributed by atoms with Crippen LogP contribution in [0, 0.1) is 0 Å². The number of rotatable bonds is 4. The fourth-order valence-electron chi connectivity index (χ4n) is 3.07. The molecule has 2 aliphatic rings. The number of carbonyl (C=O) groups excluding carboxylic acids is 2. The molecule has 2 heterocycles. The number of hydrogen-bond donors (Lipinski definition) is 0. The summed E-state index contributed by atoms with van der Waals surface area (Å²) in [6, 6.07) is 9.57. The first kappa shape index (κ1) is 15.5. The third-order valence-corrected chi connectivity index (χ3v) is 4.71. The highest BCUT2D eigenvalue weighted by Gasteiger charge is 2.51. The van der Waals surface area contributed by atoms with E-state index < -0.39 is 17.7 Å². The smallest absolute Gasteiger partial charge is 0.417 e. The molecule has 0 N–H and O–H groups in total. The largest absolute Gasteiger partial charge is 0.447 e. The molecule has 0 spiro atoms. The van der Waals surface area contributed by atoms with Crippen LogP contribution in [0.1, 0.15) is 38.7 Å². The van der Waals surface area contributed by atoms with Gasteiger partial charge in [-0.25, -0.2) is 9.69 Å². The Balaban J connectivity index is 1.76. The maximum absolute atomic E-state index is 12.8. The van der Waals surface area contributed by atoms with Gasteiger partial charge >= 0.3 is 6.09 Å². The number of amides is 2. The Kier molecular flexibility index (Phi) is 4.07. The van der Waals surface area contributed by atoms with Gasteiger partial charge in [0, 0.05) is 6.42 Å². The number of ether oxygens (including phenoxy) is 1. The van der Waals surface area contributed by atoms with Gasteiger partial charge in [0.05, 0.1) is 11.3 Å². The van der Waals surface area contributed by atoms with Crippen LogP contribution in [0.2, 0.25) is 0 Å². The lowest BCUT2D eigenvalue weighted by Crippen LogP contribution is -2.53. The van der Waals surface area contributed by atoms with E-state index in [9.17, 15) is 9.59 Å². The fraction of sp³-hybridized carbons (Fsp3) is 0.471. The van der Waals surface area contributed by atoms with Gasteiger partial charge in [0.1, 0.15) is 6.61 Å². The minimum absolute atomic E-state index is 0.240. The molecule has 0 aromatic heterocycles. The van der Waals surface area contributed by atoms with E-state index in [4.69, 9.17) is 9.57 Å². The Hall–Kier alpha value is -2.37. The van der Waals surface area contributed by atoms with Crippen molar-refractivity contribution in [2.75, 3.05) is 6.61 Å². The molecule has 1 fully saturated rings. The minimum atomic E-state index is -0.770. The number of benzene rings is 1. The lowest BCUT2D eigenvalue weighted by molar-refractivity contribution is -0.142. The highest BCUT2D eigenvalue weighted by molar-refractivity contribution is 6.06. The summed E-state index contributed by atoms with van der Waals surface area (Å²) >= 11 is 0. The number of hydrogen-bond acceptors (Lipinski definition) is 5. The molecule has 2 amide bonds. The topological polar surface area (TPSA) is 68.2 Å². The maximum atomic E-state index is 12.8. The van der Waals surface area contributed by atoms with E-state index in [1.807, 2.05) is 44.2 Å². The van der Waals surface area contributed by atoms with Crippen LogP contribution in [0.3, 0.4) is 0 Å². The van der Waals surface area contributed by atoms with Crippen molar-refractivity contribution >= 4 is 17.7 Å². The van der Waals surface area contributed by atoms with E-state index in [1.54, 1.807) is 0 Å². The average Bonchev–Trinajstić information content (AvgIpc) is 3.20. The SMILES string of the molecule is CCC1(CC)COC(=O)N1C(=O)C1CC(c2ccccc2)=NO1. The second kappa shape index (κ2) is 6.02. The van der Waals surface area contributed by atoms with Crippen molar-refractivity contribution in [2.45, 2.75) is 44.8 Å². The Morgan fingerprint density at radius 2 is 2.00 bits per heavy atom. The quantitative estimate of drug-likeness (QED) is 0.856. The molecule has 1 unspecified atom stereocenters. The third-order valence-electron chi connectivity index (χ3n) is 4.71. The number of imide groups is 1. The van der Waals surface area contributed by atoms with Crippen LogP contribution in [-0.2, 0) is 14.4 Å². The molecule has 122 valence electrons. The van der Waals surface area contributed by atoms with Gasteiger partial charge in [0.25, 0.3) is 5.91 Å². The molecule has 1 aromatic carbocycles. The predicted octanol–water partition coefficient (Wildman–Crippen LogP) is 2.72. The van der Waals surface area contributed by atoms with Crippen LogP contribution < -0.4 is 0 Å². The van der Waals surface area contributed by atoms with Crippen molar-refractivity contribution in [2.24, 2.45) is 5.16 Å². The summed E-state index contributed by atoms with van der Waals surface area (Å²) in [4.78, 5) is 31.4. The molecular weight excluding hydrogens is 296 g/mol. The molecule has 0 bridgehead atoms. The summed E-state index contributed by atoms with van der Waals surface area (Å²) < 4.78 is 5.13. The number of carbonyl (C=O) groups is 2. The van der Waals surface area contributed by atoms with Crippen LogP contribution in [0.4, 0.5) is 4.79 Å². The molecule has 0 radical (unpaired) electrons. The number of nitrogens with zero attached hydrogens (tertiary/aromatic N) is 2. The Morgan fingerprint density at radius 1 is 1.30 bits per heavy atom. The first-order chi connectivity index (χ1) is 11.1. The summed E-state index contributed by atoms with van der Waals surface area (Å²) in [7, 11) is 0. The van der Waals surface area contributed by atoms with Crippen molar-refractivity contribution in [3.63, 3.8) is 0 Å². The lowest BCUT2D eigenvalue weighted by Gasteiger charge is -2.32. The molecule has 1 saturated heterocycles. The first-order valence-electron chi connectivity index (χ1n) is 7.90. The Morgan fingerprint density at radius 3 is 2.65 bits per heavy atom. The second-order valence-electron chi connectivity index (χ2n) is 5.86. The maximum Gasteiger partial charge on any atom is 0.417 e. The van der Waals surface area contributed by atoms with Gasteiger partial charge in [0.15, 0.2) is 0 Å². The monoisotopic (exact) mass is 316 g/mol. The van der Waals surface area contributed by atoms with Crippen molar-refractivity contribution in [1.29, 1.82) is 0 Å². The van der Waals surface area contributed by atoms with Crippen LogP contribution in [0.15, 0.2) is 35.5 Å². The van der Waals surface area contributed by atoms with Crippen LogP contribution >= 0.6 is 0 Å². The van der Waals surface area contributed by atoms with Gasteiger partial charge in [-0.15, -0.1) is 0 Å². The molecule has 2 aliphatic heterocycles. The van der Waals surface area contributed by atoms with Crippen LogP contribution in [0.25, 0.3) is 0 Å². The van der Waals surface area contributed by atoms with Crippen molar-refractivity contribution in [1.82, 2.24) is 4.90 Å². The minimum Gasteiger partial charge on any atom is -0.447 e. The summed E-state index contributed by atoms with van der Waals surface area (Å²) in [6.45, 7) is 4.14. The highest BCUT2D eigenvalue weighted by atomic mass is 16.6. The summed E-state index contributed by atoms with van der Waals surface area (Å²) in [6.07, 6.45) is 0.305. The number of oxime groups is 1. The third kappa shape index (κ3) is 2.58. The van der Waals surface area contributed by atoms with E-state index in [0.29, 0.717) is 19.3 Å². The molecule has 6 nitrogen and oxygen atoms in total. The Bertz CT molecular complexity index is 637. The van der Waals surface area contributed by atoms with Gasteiger partial charge in [-0.1, -0.05) is 49.3 Å². The molecule has 1 aromatic rings. The van der Waals surface area contributed by atoms with E-state index >= 15 is 0 Å². The van der Waals surface area contributed by atoms with Gasteiger partial charge < -0.3 is 9.57 Å². The molecule has 0 aliphatic carbocycles. The highest BCUT2D eigenvalue weighted by Crippen LogP contribution is 2.33. The molecule has 3 rings (SSSR count). The zero-order chi connectivity index (χ0) is 16.4. The van der Waals surface area contributed by atoms with Crippen molar-refractivity contribution in [3.8, 4) is 0 Å². The zero-order valence-electron chi connectivity index (χ0n) is 13.3. The van der Waals surface area contributed by atoms with Gasteiger partial charge in [0.2, 0.25) is 6.10 Å². The zero-order valence-corrected chi connectivity index (χ0v) is 13.3. The molecule has 6 heteroatoms. The summed E-state index contributed by atoms with van der Waals surface area (Å²) in [5.41, 5.74) is 1.06. The van der Waals surface area contributed by atoms with E-state index in [0.717, 1.165) is 11.3 Å². The lowest BCUT2D eigenvalue weighted by atomic mass is 9.92. The standard InChI is InChI=1S/C17H20N2O4/c1-3-17(4-2)11-22-16(21)19(17)15(20)14-10-13(18-23-14)12-8-6-5-7-9-12/h5-9,14H,3-4,10-11H2,1-2H3. The van der Waals surface area contributed by atoms with E-state index in [-0.39, 0.29) is 12.5 Å². The first-order valence-corrected chi connectivity index (χ1v) is 7.90. The van der Waals surface area contributed by atoms with Crippen molar-refractivity contribution < 1.29 is 19.2 Å². The molecule has 23 heavy (non-hydrogen) atoms. The van der Waals surface area contributed by atoms with E-state index in [2.05, 4.69) is 5.16 Å². The van der Waals surface area contributed by atoms with Crippen LogP contribution in [-0.4, -0.2) is 40.9 Å². The fourth-order valence-corrected chi connectivity index (χ4v) is 3.07. The normalized spacial score (nSPS) is 22.5. The van der Waals surface area contributed by atoms with Crippen LogP contribution in [0.5, 0.6) is 0 Å². The molecule has 1 atom stereocenters. The van der Waals surface area contributed by atoms with Gasteiger partial charge in [-0.05, 0) is 18.4 Å². The second-order valence-corrected chi connectivity index (χ2v) is 5.86. The average molecular weight is 316 g/mol. The van der Waals surface area contributed by atoms with Crippen molar-refractivity contribution in [3.05, 3.63) is 35.9 Å².